The second kappa shape index (κ2) is 6.94. The van der Waals surface area contributed by atoms with Crippen molar-refractivity contribution >= 4 is 11.6 Å². The zero-order valence-corrected chi connectivity index (χ0v) is 15.6. The number of piperidine rings is 1. The summed E-state index contributed by atoms with van der Waals surface area (Å²) in [6.45, 7) is 3.51. The number of aliphatic hydroxyl groups excluding tert-OH is 1. The number of rotatable bonds is 4. The zero-order chi connectivity index (χ0) is 19.1. The smallest absolute Gasteiger partial charge is 0.251 e. The minimum Gasteiger partial charge on any atom is -0.394 e. The summed E-state index contributed by atoms with van der Waals surface area (Å²) in [6, 6.07) is 5.07. The van der Waals surface area contributed by atoms with Crippen molar-refractivity contribution < 1.29 is 9.90 Å². The maximum atomic E-state index is 12.5. The SMILES string of the molecule is Cc1nn(C)cc1NC(=O)CN1C[C@H]2C[C@@H](C1)[C@H](CO)n1c2cccc1=O. The van der Waals surface area contributed by atoms with Crippen molar-refractivity contribution in [1.82, 2.24) is 19.2 Å². The summed E-state index contributed by atoms with van der Waals surface area (Å²) in [7, 11) is 1.82. The van der Waals surface area contributed by atoms with Crippen molar-refractivity contribution in [3.05, 3.63) is 46.1 Å². The van der Waals surface area contributed by atoms with Gasteiger partial charge in [0.2, 0.25) is 5.91 Å². The maximum Gasteiger partial charge on any atom is 0.251 e. The number of aliphatic hydroxyl groups is 1. The lowest BCUT2D eigenvalue weighted by Gasteiger charge is -2.46. The lowest BCUT2D eigenvalue weighted by atomic mass is 9.78. The van der Waals surface area contributed by atoms with Crippen molar-refractivity contribution in [3.63, 3.8) is 0 Å². The first-order valence-corrected chi connectivity index (χ1v) is 9.31. The second-order valence-corrected chi connectivity index (χ2v) is 7.65. The van der Waals surface area contributed by atoms with Crippen LogP contribution < -0.4 is 10.9 Å². The molecule has 4 rings (SSSR count). The highest BCUT2D eigenvalue weighted by molar-refractivity contribution is 5.92. The van der Waals surface area contributed by atoms with Gasteiger partial charge in [-0.2, -0.15) is 5.10 Å². The molecule has 8 heteroatoms. The summed E-state index contributed by atoms with van der Waals surface area (Å²) in [4.78, 5) is 27.0. The van der Waals surface area contributed by atoms with Gasteiger partial charge in [0.15, 0.2) is 0 Å². The van der Waals surface area contributed by atoms with E-state index in [2.05, 4.69) is 15.3 Å². The van der Waals surface area contributed by atoms with E-state index < -0.39 is 0 Å². The molecule has 144 valence electrons. The van der Waals surface area contributed by atoms with Crippen LogP contribution in [0.1, 0.15) is 29.8 Å². The number of carbonyl (C=O) groups excluding carboxylic acids is 1. The Morgan fingerprint density at radius 2 is 2.19 bits per heavy atom. The zero-order valence-electron chi connectivity index (χ0n) is 15.6. The number of hydrogen-bond acceptors (Lipinski definition) is 5. The second-order valence-electron chi connectivity index (χ2n) is 7.65. The number of carbonyl (C=O) groups is 1. The van der Waals surface area contributed by atoms with Crippen LogP contribution in [0.2, 0.25) is 0 Å². The van der Waals surface area contributed by atoms with Crippen molar-refractivity contribution in [1.29, 1.82) is 0 Å². The highest BCUT2D eigenvalue weighted by Crippen LogP contribution is 2.40. The Morgan fingerprint density at radius 3 is 2.89 bits per heavy atom. The van der Waals surface area contributed by atoms with E-state index in [1.54, 1.807) is 27.6 Å². The van der Waals surface area contributed by atoms with Gasteiger partial charge in [-0.1, -0.05) is 6.07 Å². The van der Waals surface area contributed by atoms with E-state index in [-0.39, 0.29) is 42.5 Å². The molecule has 0 spiro atoms. The van der Waals surface area contributed by atoms with Gasteiger partial charge in [0.1, 0.15) is 0 Å². The average molecular weight is 371 g/mol. The third-order valence-electron chi connectivity index (χ3n) is 5.72. The van der Waals surface area contributed by atoms with Crippen LogP contribution in [-0.2, 0) is 11.8 Å². The molecular formula is C19H25N5O3. The molecule has 0 aliphatic carbocycles. The Bertz CT molecular complexity index is 918. The minimum absolute atomic E-state index is 0.0560. The predicted octanol–water partition coefficient (Wildman–Crippen LogP) is 0.481. The molecule has 1 fully saturated rings. The topological polar surface area (TPSA) is 92.4 Å². The highest BCUT2D eigenvalue weighted by Gasteiger charge is 2.40. The molecule has 2 aliphatic rings. The van der Waals surface area contributed by atoms with Gasteiger partial charge < -0.3 is 15.0 Å². The maximum absolute atomic E-state index is 12.5. The largest absolute Gasteiger partial charge is 0.394 e. The number of aryl methyl sites for hydroxylation is 2. The number of nitrogens with one attached hydrogen (secondary N) is 1. The quantitative estimate of drug-likeness (QED) is 0.816. The third-order valence-corrected chi connectivity index (χ3v) is 5.72. The molecule has 2 N–H and O–H groups in total. The van der Waals surface area contributed by atoms with Gasteiger partial charge in [0.05, 0.1) is 30.6 Å². The van der Waals surface area contributed by atoms with Crippen molar-refractivity contribution in [2.75, 3.05) is 31.6 Å². The first-order chi connectivity index (χ1) is 13.0. The summed E-state index contributed by atoms with van der Waals surface area (Å²) in [6.07, 6.45) is 2.73. The van der Waals surface area contributed by atoms with E-state index in [1.807, 2.05) is 20.0 Å². The van der Waals surface area contributed by atoms with Gasteiger partial charge in [-0.05, 0) is 25.3 Å². The summed E-state index contributed by atoms with van der Waals surface area (Å²) in [5, 5.41) is 17.1. The van der Waals surface area contributed by atoms with Crippen LogP contribution in [0.15, 0.2) is 29.2 Å². The molecule has 0 saturated carbocycles. The van der Waals surface area contributed by atoms with Crippen LogP contribution in [0.25, 0.3) is 0 Å². The van der Waals surface area contributed by atoms with Crippen molar-refractivity contribution in [2.45, 2.75) is 25.3 Å². The molecule has 0 radical (unpaired) electrons. The van der Waals surface area contributed by atoms with E-state index in [0.29, 0.717) is 6.54 Å². The molecular weight excluding hydrogens is 346 g/mol. The van der Waals surface area contributed by atoms with Crippen LogP contribution in [0.4, 0.5) is 5.69 Å². The first kappa shape index (κ1) is 17.9. The number of amides is 1. The molecule has 8 nitrogen and oxygen atoms in total. The monoisotopic (exact) mass is 371 g/mol. The Kier molecular flexibility index (Phi) is 4.61. The number of likely N-dealkylation sites (tertiary alicyclic amines) is 1. The molecule has 0 aromatic carbocycles. The molecule has 3 atom stereocenters. The van der Waals surface area contributed by atoms with Crippen LogP contribution in [-0.4, -0.2) is 56.5 Å². The van der Waals surface area contributed by atoms with Crippen LogP contribution in [0.5, 0.6) is 0 Å². The average Bonchev–Trinajstić information content (AvgIpc) is 2.93. The fourth-order valence-corrected chi connectivity index (χ4v) is 4.62. The normalized spacial score (nSPS) is 24.5. The first-order valence-electron chi connectivity index (χ1n) is 9.31. The van der Waals surface area contributed by atoms with Crippen molar-refractivity contribution in [3.8, 4) is 0 Å². The minimum atomic E-state index is -0.226. The number of pyridine rings is 1. The molecule has 4 heterocycles. The third kappa shape index (κ3) is 3.30. The van der Waals surface area contributed by atoms with Gasteiger partial charge in [-0.3, -0.25) is 19.2 Å². The molecule has 2 aromatic rings. The highest BCUT2D eigenvalue weighted by atomic mass is 16.3. The van der Waals surface area contributed by atoms with E-state index in [0.717, 1.165) is 30.0 Å². The summed E-state index contributed by atoms with van der Waals surface area (Å²) >= 11 is 0. The Labute approximate surface area is 157 Å². The van der Waals surface area contributed by atoms with E-state index in [1.165, 1.54) is 0 Å². The predicted molar refractivity (Wildman–Crippen MR) is 101 cm³/mol. The standard InChI is InChI=1S/C19H25N5O3/c1-12-15(9-22(2)21-12)20-18(26)10-23-7-13-6-14(8-23)17(11-25)24-16(13)4-3-5-19(24)27/h3-5,9,13-14,17,25H,6-8,10-11H2,1-2H3,(H,20,26)/t13-,14+,17+/m1/s1. The molecule has 2 aromatic heterocycles. The fraction of sp³-hybridized carbons (Fsp3) is 0.526. The Hall–Kier alpha value is -2.45. The van der Waals surface area contributed by atoms with Gasteiger partial charge >= 0.3 is 0 Å². The van der Waals surface area contributed by atoms with Gasteiger partial charge in [-0.25, -0.2) is 0 Å². The number of anilines is 1. The summed E-state index contributed by atoms with van der Waals surface area (Å²) < 4.78 is 3.44. The number of aromatic nitrogens is 3. The van der Waals surface area contributed by atoms with Crippen molar-refractivity contribution in [2.24, 2.45) is 13.0 Å². The summed E-state index contributed by atoms with van der Waals surface area (Å²) in [5.74, 6) is 0.291. The molecule has 1 amide bonds. The fourth-order valence-electron chi connectivity index (χ4n) is 4.62. The Balaban J connectivity index is 1.51. The molecule has 1 saturated heterocycles. The molecule has 2 aliphatic heterocycles. The van der Waals surface area contributed by atoms with E-state index in [9.17, 15) is 14.7 Å². The number of hydrogen-bond donors (Lipinski definition) is 2. The molecule has 2 bridgehead atoms. The van der Waals surface area contributed by atoms with Crippen LogP contribution in [0, 0.1) is 12.8 Å². The Morgan fingerprint density at radius 1 is 1.37 bits per heavy atom. The molecule has 0 unspecified atom stereocenters. The van der Waals surface area contributed by atoms with E-state index >= 15 is 0 Å². The van der Waals surface area contributed by atoms with Crippen LogP contribution in [0.3, 0.4) is 0 Å². The van der Waals surface area contributed by atoms with Crippen LogP contribution >= 0.6 is 0 Å². The van der Waals surface area contributed by atoms with Gasteiger partial charge in [0, 0.05) is 44.0 Å². The number of fused-ring (bicyclic) bond motifs is 4. The van der Waals surface area contributed by atoms with E-state index in [4.69, 9.17) is 0 Å². The number of nitrogens with zero attached hydrogens (tertiary/aromatic N) is 4. The lowest BCUT2D eigenvalue weighted by Crippen LogP contribution is -2.51. The van der Waals surface area contributed by atoms with Gasteiger partial charge in [-0.15, -0.1) is 0 Å². The lowest BCUT2D eigenvalue weighted by molar-refractivity contribution is -0.118. The summed E-state index contributed by atoms with van der Waals surface area (Å²) in [5.41, 5.74) is 2.42. The molecule has 27 heavy (non-hydrogen) atoms. The van der Waals surface area contributed by atoms with Gasteiger partial charge in [0.25, 0.3) is 5.56 Å².